The van der Waals surface area contributed by atoms with Crippen LogP contribution in [0.2, 0.25) is 0 Å². The summed E-state index contributed by atoms with van der Waals surface area (Å²) in [6.45, 7) is 2.93. The minimum Gasteiger partial charge on any atom is -0.457 e. The third-order valence-corrected chi connectivity index (χ3v) is 6.78. The molecule has 0 radical (unpaired) electrons. The van der Waals surface area contributed by atoms with E-state index in [1.54, 1.807) is 24.3 Å². The summed E-state index contributed by atoms with van der Waals surface area (Å²) in [5, 5.41) is 10.1. The van der Waals surface area contributed by atoms with Crippen molar-refractivity contribution in [2.75, 3.05) is 6.54 Å². The Morgan fingerprint density at radius 1 is 0.892 bits per heavy atom. The molecule has 0 heterocycles. The van der Waals surface area contributed by atoms with Gasteiger partial charge in [0.1, 0.15) is 12.4 Å². The second kappa shape index (κ2) is 12.2. The highest BCUT2D eigenvalue weighted by atomic mass is 16.5. The predicted octanol–water partition coefficient (Wildman–Crippen LogP) is 5.21. The van der Waals surface area contributed by atoms with E-state index in [0.29, 0.717) is 23.8 Å². The van der Waals surface area contributed by atoms with Crippen LogP contribution in [-0.2, 0) is 16.1 Å². The zero-order valence-electron chi connectivity index (χ0n) is 21.0. The fraction of sp³-hybridized carbons (Fsp3) is 0.300. The lowest BCUT2D eigenvalue weighted by Crippen LogP contribution is -2.36. The molecule has 0 bridgehead atoms. The molecule has 0 unspecified atom stereocenters. The van der Waals surface area contributed by atoms with Gasteiger partial charge in [0.25, 0.3) is 0 Å². The van der Waals surface area contributed by atoms with Crippen LogP contribution in [0.3, 0.4) is 0 Å². The number of ether oxygens (including phenoxy) is 2. The fourth-order valence-corrected chi connectivity index (χ4v) is 4.49. The Hall–Kier alpha value is -4.13. The second-order valence-electron chi connectivity index (χ2n) is 9.60. The highest BCUT2D eigenvalue weighted by molar-refractivity contribution is 5.90. The number of carbonyl (C=O) groups is 2. The van der Waals surface area contributed by atoms with Crippen LogP contribution in [0.25, 0.3) is 11.1 Å². The zero-order chi connectivity index (χ0) is 26.2. The number of benzene rings is 3. The molecule has 0 atom stereocenters. The van der Waals surface area contributed by atoms with E-state index in [4.69, 9.17) is 20.6 Å². The van der Waals surface area contributed by atoms with E-state index in [9.17, 15) is 9.59 Å². The Morgan fingerprint density at radius 3 is 2.08 bits per heavy atom. The molecule has 4 rings (SSSR count). The molecule has 4 N–H and O–H groups in total. The molecule has 0 aromatic heterocycles. The van der Waals surface area contributed by atoms with Gasteiger partial charge < -0.3 is 20.5 Å². The molecule has 37 heavy (non-hydrogen) atoms. The fourth-order valence-electron chi connectivity index (χ4n) is 4.49. The Labute approximate surface area is 217 Å². The third-order valence-electron chi connectivity index (χ3n) is 6.78. The minimum absolute atomic E-state index is 0.0164. The molecule has 0 aliphatic heterocycles. The van der Waals surface area contributed by atoms with Gasteiger partial charge in [0, 0.05) is 6.54 Å². The standard InChI is InChI=1S/C30H33N3O4/c1-20-2-4-22(5-3-20)19-36-28(34)25-12-10-23(11-13-25)24-14-16-27(17-15-24)37-29(35)26-8-6-21(7-9-26)18-33-30(31)32/h2-5,10-17,21,26H,6-9,18-19H2,1H3,(H4,31,32,33)/t21-,26-. The summed E-state index contributed by atoms with van der Waals surface area (Å²) in [4.78, 5) is 25.0. The lowest BCUT2D eigenvalue weighted by atomic mass is 9.82. The lowest BCUT2D eigenvalue weighted by Gasteiger charge is -2.27. The molecule has 1 saturated carbocycles. The summed E-state index contributed by atoms with van der Waals surface area (Å²) in [6.07, 6.45) is 3.38. The average molecular weight is 500 g/mol. The van der Waals surface area contributed by atoms with Crippen LogP contribution < -0.4 is 15.8 Å². The van der Waals surface area contributed by atoms with Gasteiger partial charge in [-0.2, -0.15) is 0 Å². The number of carbonyl (C=O) groups excluding carboxylic acids is 2. The molecule has 192 valence electrons. The van der Waals surface area contributed by atoms with E-state index >= 15 is 0 Å². The Balaban J connectivity index is 1.26. The maximum atomic E-state index is 12.6. The van der Waals surface area contributed by atoms with Crippen LogP contribution in [0.4, 0.5) is 0 Å². The summed E-state index contributed by atoms with van der Waals surface area (Å²) < 4.78 is 11.1. The number of nitrogens with one attached hydrogen (secondary N) is 2. The highest BCUT2D eigenvalue weighted by Crippen LogP contribution is 2.30. The van der Waals surface area contributed by atoms with E-state index in [1.807, 2.05) is 55.5 Å². The number of esters is 2. The summed E-state index contributed by atoms with van der Waals surface area (Å²) >= 11 is 0. The number of hydrogen-bond acceptors (Lipinski definition) is 5. The van der Waals surface area contributed by atoms with Crippen molar-refractivity contribution in [1.29, 1.82) is 5.41 Å². The normalized spacial score (nSPS) is 17.0. The maximum Gasteiger partial charge on any atom is 0.338 e. The first-order valence-electron chi connectivity index (χ1n) is 12.6. The maximum absolute atomic E-state index is 12.6. The quantitative estimate of drug-likeness (QED) is 0.170. The van der Waals surface area contributed by atoms with Crippen LogP contribution in [0.1, 0.15) is 47.2 Å². The predicted molar refractivity (Wildman–Crippen MR) is 143 cm³/mol. The molecular formula is C30H33N3O4. The number of aryl methyl sites for hydroxylation is 1. The van der Waals surface area contributed by atoms with Gasteiger partial charge in [-0.05, 0) is 79.5 Å². The molecule has 0 saturated heterocycles. The lowest BCUT2D eigenvalue weighted by molar-refractivity contribution is -0.140. The topological polar surface area (TPSA) is 114 Å². The van der Waals surface area contributed by atoms with Gasteiger partial charge in [-0.1, -0.05) is 54.1 Å². The Morgan fingerprint density at radius 2 is 1.49 bits per heavy atom. The summed E-state index contributed by atoms with van der Waals surface area (Å²) in [5.74, 6) is 0.265. The molecule has 3 aromatic rings. The SMILES string of the molecule is Cc1ccc(COC(=O)c2ccc(-c3ccc(OC(=O)[C@H]4CC[C@H](CNC(=N)N)CC4)cc3)cc2)cc1. The van der Waals surface area contributed by atoms with Gasteiger partial charge in [-0.15, -0.1) is 0 Å². The van der Waals surface area contributed by atoms with E-state index in [-0.39, 0.29) is 30.4 Å². The molecule has 1 aliphatic rings. The first kappa shape index (κ1) is 25.9. The van der Waals surface area contributed by atoms with Crippen molar-refractivity contribution >= 4 is 17.9 Å². The van der Waals surface area contributed by atoms with Gasteiger partial charge in [0.05, 0.1) is 11.5 Å². The molecule has 7 heteroatoms. The second-order valence-corrected chi connectivity index (χ2v) is 9.60. The first-order chi connectivity index (χ1) is 17.9. The van der Waals surface area contributed by atoms with Crippen molar-refractivity contribution in [2.45, 2.75) is 39.2 Å². The molecular weight excluding hydrogens is 466 g/mol. The number of guanidine groups is 1. The largest absolute Gasteiger partial charge is 0.457 e. The van der Waals surface area contributed by atoms with Crippen LogP contribution in [0.15, 0.2) is 72.8 Å². The van der Waals surface area contributed by atoms with Gasteiger partial charge in [0.15, 0.2) is 5.96 Å². The molecule has 0 amide bonds. The van der Waals surface area contributed by atoms with Crippen LogP contribution in [-0.4, -0.2) is 24.4 Å². The number of nitrogens with two attached hydrogens (primary N) is 1. The van der Waals surface area contributed by atoms with E-state index in [0.717, 1.165) is 47.9 Å². The van der Waals surface area contributed by atoms with Crippen molar-refractivity contribution in [1.82, 2.24) is 5.32 Å². The van der Waals surface area contributed by atoms with Crippen LogP contribution >= 0.6 is 0 Å². The van der Waals surface area contributed by atoms with Crippen molar-refractivity contribution in [3.63, 3.8) is 0 Å². The summed E-state index contributed by atoms with van der Waals surface area (Å²) in [7, 11) is 0. The Bertz CT molecular complexity index is 1210. The van der Waals surface area contributed by atoms with Gasteiger partial charge in [-0.25, -0.2) is 4.79 Å². The van der Waals surface area contributed by atoms with Gasteiger partial charge >= 0.3 is 11.9 Å². The monoisotopic (exact) mass is 499 g/mol. The first-order valence-corrected chi connectivity index (χ1v) is 12.6. The van der Waals surface area contributed by atoms with E-state index in [2.05, 4.69) is 5.32 Å². The third kappa shape index (κ3) is 7.43. The molecule has 1 aliphatic carbocycles. The molecule has 1 fully saturated rings. The van der Waals surface area contributed by atoms with Crippen molar-refractivity contribution < 1.29 is 19.1 Å². The number of hydrogen-bond donors (Lipinski definition) is 3. The van der Waals surface area contributed by atoms with Crippen molar-refractivity contribution in [2.24, 2.45) is 17.6 Å². The molecule has 3 aromatic carbocycles. The van der Waals surface area contributed by atoms with Crippen LogP contribution in [0.5, 0.6) is 5.75 Å². The summed E-state index contributed by atoms with van der Waals surface area (Å²) in [5.41, 5.74) is 9.86. The zero-order valence-corrected chi connectivity index (χ0v) is 21.0. The molecule has 7 nitrogen and oxygen atoms in total. The average Bonchev–Trinajstić information content (AvgIpc) is 2.92. The smallest absolute Gasteiger partial charge is 0.338 e. The summed E-state index contributed by atoms with van der Waals surface area (Å²) in [6, 6.07) is 22.5. The van der Waals surface area contributed by atoms with Crippen molar-refractivity contribution in [3.8, 4) is 16.9 Å². The number of rotatable bonds is 8. The molecule has 0 spiro atoms. The van der Waals surface area contributed by atoms with Gasteiger partial charge in [0.2, 0.25) is 0 Å². The highest BCUT2D eigenvalue weighted by Gasteiger charge is 2.27. The van der Waals surface area contributed by atoms with E-state index in [1.165, 1.54) is 0 Å². The van der Waals surface area contributed by atoms with Crippen molar-refractivity contribution in [3.05, 3.63) is 89.5 Å². The van der Waals surface area contributed by atoms with E-state index < -0.39 is 0 Å². The minimum atomic E-state index is -0.362. The van der Waals surface area contributed by atoms with Gasteiger partial charge in [-0.3, -0.25) is 10.2 Å². The van der Waals surface area contributed by atoms with Crippen LogP contribution in [0, 0.1) is 24.2 Å². The Kier molecular flexibility index (Phi) is 8.56.